The van der Waals surface area contributed by atoms with E-state index in [0.29, 0.717) is 6.04 Å². The fraction of sp³-hybridized carbons (Fsp3) is 0.588. The molecule has 0 spiro atoms. The molecule has 1 N–H and O–H groups in total. The molecule has 130 valence electrons. The molecule has 1 fully saturated rings. The summed E-state index contributed by atoms with van der Waals surface area (Å²) in [6.45, 7) is 5.19. The summed E-state index contributed by atoms with van der Waals surface area (Å²) in [7, 11) is 6.11. The van der Waals surface area contributed by atoms with Crippen LogP contribution < -0.4 is 9.80 Å². The van der Waals surface area contributed by atoms with Crippen LogP contribution in [0.1, 0.15) is 24.1 Å². The second-order valence-electron chi connectivity index (χ2n) is 6.77. The van der Waals surface area contributed by atoms with Crippen LogP contribution in [0.5, 0.6) is 0 Å². The fourth-order valence-corrected chi connectivity index (χ4v) is 3.19. The molecule has 3 heterocycles. The van der Waals surface area contributed by atoms with Gasteiger partial charge in [-0.3, -0.25) is 10.00 Å². The first-order valence-electron chi connectivity index (χ1n) is 8.49. The molecule has 1 unspecified atom stereocenters. The quantitative estimate of drug-likeness (QED) is 0.900. The van der Waals surface area contributed by atoms with E-state index in [1.54, 1.807) is 0 Å². The van der Waals surface area contributed by atoms with Crippen LogP contribution in [0.3, 0.4) is 0 Å². The van der Waals surface area contributed by atoms with E-state index in [2.05, 4.69) is 43.9 Å². The van der Waals surface area contributed by atoms with Crippen LogP contribution in [0.2, 0.25) is 0 Å². The summed E-state index contributed by atoms with van der Waals surface area (Å²) in [4.78, 5) is 15.9. The molecule has 0 saturated carbocycles. The SMILES string of the molecule is Cc1[nH]ncc1CN1CCCC(N(C)c2nccc(N(C)C)n2)C1. The van der Waals surface area contributed by atoms with E-state index in [-0.39, 0.29) is 0 Å². The Kier molecular flexibility index (Phi) is 4.99. The molecule has 1 aliphatic rings. The van der Waals surface area contributed by atoms with Crippen LogP contribution >= 0.6 is 0 Å². The second kappa shape index (κ2) is 7.17. The van der Waals surface area contributed by atoms with Crippen LogP contribution in [0.4, 0.5) is 11.8 Å². The van der Waals surface area contributed by atoms with Crippen molar-refractivity contribution in [1.29, 1.82) is 0 Å². The first-order chi connectivity index (χ1) is 11.5. The largest absolute Gasteiger partial charge is 0.363 e. The minimum Gasteiger partial charge on any atom is -0.363 e. The minimum absolute atomic E-state index is 0.434. The Balaban J connectivity index is 1.67. The summed E-state index contributed by atoms with van der Waals surface area (Å²) >= 11 is 0. The summed E-state index contributed by atoms with van der Waals surface area (Å²) in [6.07, 6.45) is 6.14. The number of hydrogen-bond donors (Lipinski definition) is 1. The van der Waals surface area contributed by atoms with E-state index in [1.165, 1.54) is 18.4 Å². The van der Waals surface area contributed by atoms with Crippen molar-refractivity contribution in [2.45, 2.75) is 32.4 Å². The predicted octanol–water partition coefficient (Wildman–Crippen LogP) is 1.67. The Morgan fingerprint density at radius 2 is 2.17 bits per heavy atom. The van der Waals surface area contributed by atoms with Crippen molar-refractivity contribution in [3.05, 3.63) is 29.7 Å². The van der Waals surface area contributed by atoms with Gasteiger partial charge < -0.3 is 9.80 Å². The maximum absolute atomic E-state index is 4.67. The number of nitrogens with zero attached hydrogens (tertiary/aromatic N) is 6. The topological polar surface area (TPSA) is 64.2 Å². The van der Waals surface area contributed by atoms with Crippen LogP contribution in [0.15, 0.2) is 18.5 Å². The third-order valence-corrected chi connectivity index (χ3v) is 4.76. The number of H-pyrrole nitrogens is 1. The highest BCUT2D eigenvalue weighted by Crippen LogP contribution is 2.21. The van der Waals surface area contributed by atoms with E-state index in [1.807, 2.05) is 37.5 Å². The van der Waals surface area contributed by atoms with E-state index >= 15 is 0 Å². The number of aromatic amines is 1. The van der Waals surface area contributed by atoms with Gasteiger partial charge in [-0.25, -0.2) is 4.98 Å². The normalized spacial score (nSPS) is 18.6. The lowest BCUT2D eigenvalue weighted by Gasteiger charge is -2.37. The van der Waals surface area contributed by atoms with Crippen LogP contribution in [0, 0.1) is 6.92 Å². The summed E-state index contributed by atoms with van der Waals surface area (Å²) in [5.41, 5.74) is 2.44. The van der Waals surface area contributed by atoms with Gasteiger partial charge in [-0.15, -0.1) is 0 Å². The average Bonchev–Trinajstić information content (AvgIpc) is 2.99. The van der Waals surface area contributed by atoms with Gasteiger partial charge in [-0.05, 0) is 32.4 Å². The van der Waals surface area contributed by atoms with E-state index in [0.717, 1.165) is 37.1 Å². The summed E-state index contributed by atoms with van der Waals surface area (Å²) < 4.78 is 0. The summed E-state index contributed by atoms with van der Waals surface area (Å²) in [5.74, 6) is 1.74. The van der Waals surface area contributed by atoms with Gasteiger partial charge in [-0.1, -0.05) is 0 Å². The van der Waals surface area contributed by atoms with Gasteiger partial charge in [-0.2, -0.15) is 10.1 Å². The lowest BCUT2D eigenvalue weighted by atomic mass is 10.0. The summed E-state index contributed by atoms with van der Waals surface area (Å²) in [6, 6.07) is 2.37. The molecule has 1 saturated heterocycles. The molecular weight excluding hydrogens is 302 g/mol. The Morgan fingerprint density at radius 1 is 1.33 bits per heavy atom. The highest BCUT2D eigenvalue weighted by molar-refractivity contribution is 5.42. The molecule has 7 heteroatoms. The average molecular weight is 329 g/mol. The Labute approximate surface area is 143 Å². The fourth-order valence-electron chi connectivity index (χ4n) is 3.19. The standard InChI is InChI=1S/C17H27N7/c1-13-14(10-19-21-13)11-24-9-5-6-15(12-24)23(4)17-18-8-7-16(20-17)22(2)3/h7-8,10,15H,5-6,9,11-12H2,1-4H3,(H,19,21). The van der Waals surface area contributed by atoms with Gasteiger partial charge in [0, 0.05) is 57.7 Å². The first kappa shape index (κ1) is 16.7. The second-order valence-corrected chi connectivity index (χ2v) is 6.77. The molecular formula is C17H27N7. The third-order valence-electron chi connectivity index (χ3n) is 4.76. The number of nitrogens with one attached hydrogen (secondary N) is 1. The Morgan fingerprint density at radius 3 is 2.88 bits per heavy atom. The van der Waals surface area contributed by atoms with Crippen LogP contribution in [-0.2, 0) is 6.54 Å². The lowest BCUT2D eigenvalue weighted by molar-refractivity contribution is 0.198. The Hall–Kier alpha value is -2.15. The predicted molar refractivity (Wildman–Crippen MR) is 96.4 cm³/mol. The van der Waals surface area contributed by atoms with Gasteiger partial charge in [0.1, 0.15) is 5.82 Å². The van der Waals surface area contributed by atoms with Gasteiger partial charge in [0.2, 0.25) is 5.95 Å². The molecule has 2 aromatic rings. The minimum atomic E-state index is 0.434. The van der Waals surface area contributed by atoms with Crippen molar-refractivity contribution >= 4 is 11.8 Å². The van der Waals surface area contributed by atoms with Crippen molar-refractivity contribution < 1.29 is 0 Å². The van der Waals surface area contributed by atoms with E-state index in [4.69, 9.17) is 0 Å². The van der Waals surface area contributed by atoms with Crippen molar-refractivity contribution in [1.82, 2.24) is 25.1 Å². The molecule has 1 aliphatic heterocycles. The lowest BCUT2D eigenvalue weighted by Crippen LogP contribution is -2.46. The maximum Gasteiger partial charge on any atom is 0.227 e. The number of anilines is 2. The van der Waals surface area contributed by atoms with Crippen molar-refractivity contribution in [2.75, 3.05) is 44.0 Å². The number of aryl methyl sites for hydroxylation is 1. The maximum atomic E-state index is 4.67. The zero-order chi connectivity index (χ0) is 17.1. The highest BCUT2D eigenvalue weighted by Gasteiger charge is 2.25. The number of hydrogen-bond acceptors (Lipinski definition) is 6. The molecule has 1 atom stereocenters. The molecule has 0 aliphatic carbocycles. The van der Waals surface area contributed by atoms with Gasteiger partial charge in [0.25, 0.3) is 0 Å². The monoisotopic (exact) mass is 329 g/mol. The molecule has 0 amide bonds. The molecule has 2 aromatic heterocycles. The van der Waals surface area contributed by atoms with Crippen molar-refractivity contribution in [3.63, 3.8) is 0 Å². The first-order valence-corrected chi connectivity index (χ1v) is 8.49. The zero-order valence-corrected chi connectivity index (χ0v) is 15.0. The van der Waals surface area contributed by atoms with Crippen molar-refractivity contribution in [3.8, 4) is 0 Å². The van der Waals surface area contributed by atoms with E-state index < -0.39 is 0 Å². The van der Waals surface area contributed by atoms with E-state index in [9.17, 15) is 0 Å². The van der Waals surface area contributed by atoms with Crippen LogP contribution in [-0.4, -0.2) is 65.3 Å². The third kappa shape index (κ3) is 3.67. The molecule has 0 radical (unpaired) electrons. The van der Waals surface area contributed by atoms with Crippen molar-refractivity contribution in [2.24, 2.45) is 0 Å². The number of likely N-dealkylation sites (N-methyl/N-ethyl adjacent to an activating group) is 1. The molecule has 0 bridgehead atoms. The summed E-state index contributed by atoms with van der Waals surface area (Å²) in [5, 5.41) is 7.15. The number of likely N-dealkylation sites (tertiary alicyclic amines) is 1. The molecule has 0 aromatic carbocycles. The Bertz CT molecular complexity index is 666. The zero-order valence-electron chi connectivity index (χ0n) is 15.0. The van der Waals surface area contributed by atoms with Gasteiger partial charge >= 0.3 is 0 Å². The van der Waals surface area contributed by atoms with Gasteiger partial charge in [0.15, 0.2) is 0 Å². The molecule has 3 rings (SSSR count). The smallest absolute Gasteiger partial charge is 0.227 e. The number of piperidine rings is 1. The molecule has 24 heavy (non-hydrogen) atoms. The highest BCUT2D eigenvalue weighted by atomic mass is 15.3. The number of aromatic nitrogens is 4. The van der Waals surface area contributed by atoms with Crippen LogP contribution in [0.25, 0.3) is 0 Å². The van der Waals surface area contributed by atoms with Gasteiger partial charge in [0.05, 0.1) is 6.20 Å². The molecule has 7 nitrogen and oxygen atoms in total. The number of rotatable bonds is 5.